The summed E-state index contributed by atoms with van der Waals surface area (Å²) >= 11 is 3.36. The minimum atomic E-state index is -0.00944. The number of aromatic nitrogens is 3. The molecule has 3 aromatic rings. The van der Waals surface area contributed by atoms with Crippen LogP contribution in [-0.2, 0) is 0 Å². The number of nitrogen functional groups attached to an aromatic ring is 1. The minimum Gasteiger partial charge on any atom is -0.396 e. The molecule has 0 unspecified atom stereocenters. The molecule has 0 radical (unpaired) electrons. The number of benzene rings is 1. The number of hydrogen-bond acceptors (Lipinski definition) is 4. The second-order valence-corrected chi connectivity index (χ2v) is 6.89. The summed E-state index contributed by atoms with van der Waals surface area (Å²) in [6.45, 7) is 1.94. The summed E-state index contributed by atoms with van der Waals surface area (Å²) in [7, 11) is 0. The maximum atomic E-state index is 12.3. The van der Waals surface area contributed by atoms with Gasteiger partial charge >= 0.3 is 0 Å². The average molecular weight is 386 g/mol. The zero-order chi connectivity index (χ0) is 16.8. The second-order valence-electron chi connectivity index (χ2n) is 6.08. The summed E-state index contributed by atoms with van der Waals surface area (Å²) in [6.07, 6.45) is 3.89. The van der Waals surface area contributed by atoms with E-state index in [2.05, 4.69) is 31.3 Å². The highest BCUT2D eigenvalue weighted by Gasteiger charge is 2.24. The van der Waals surface area contributed by atoms with Gasteiger partial charge in [0.2, 0.25) is 0 Å². The molecule has 0 bridgehead atoms. The number of nitrogens with zero attached hydrogens (tertiary/aromatic N) is 3. The highest BCUT2D eigenvalue weighted by Crippen LogP contribution is 2.26. The van der Waals surface area contributed by atoms with Crippen molar-refractivity contribution in [1.29, 1.82) is 0 Å². The fraction of sp³-hybridized carbons (Fsp3) is 0.235. The highest BCUT2D eigenvalue weighted by molar-refractivity contribution is 9.10. The average Bonchev–Trinajstić information content (AvgIpc) is 3.23. The summed E-state index contributed by atoms with van der Waals surface area (Å²) in [5, 5.41) is 7.44. The van der Waals surface area contributed by atoms with E-state index < -0.39 is 0 Å². The topological polar surface area (TPSA) is 85.3 Å². The van der Waals surface area contributed by atoms with E-state index in [-0.39, 0.29) is 5.91 Å². The smallest absolute Gasteiger partial charge is 0.251 e. The van der Waals surface area contributed by atoms with Crippen LogP contribution in [0.5, 0.6) is 0 Å². The van der Waals surface area contributed by atoms with E-state index in [1.807, 2.05) is 25.1 Å². The zero-order valence-corrected chi connectivity index (χ0v) is 14.7. The SMILES string of the molecule is Cc1cc(-c2cnc3c(N)cc(Br)nn23)ccc1C(=O)NC1CC1. The Morgan fingerprint density at radius 1 is 1.38 bits per heavy atom. The second kappa shape index (κ2) is 5.59. The van der Waals surface area contributed by atoms with Crippen molar-refractivity contribution >= 4 is 33.2 Å². The minimum absolute atomic E-state index is 0.00944. The number of anilines is 1. The molecule has 24 heavy (non-hydrogen) atoms. The molecule has 1 fully saturated rings. The van der Waals surface area contributed by atoms with Gasteiger partial charge in [0.05, 0.1) is 17.6 Å². The largest absolute Gasteiger partial charge is 0.396 e. The lowest BCUT2D eigenvalue weighted by Crippen LogP contribution is -2.26. The van der Waals surface area contributed by atoms with E-state index >= 15 is 0 Å². The first kappa shape index (κ1) is 15.1. The lowest BCUT2D eigenvalue weighted by Gasteiger charge is -2.09. The van der Waals surface area contributed by atoms with Gasteiger partial charge in [0.25, 0.3) is 5.91 Å². The number of amides is 1. The van der Waals surface area contributed by atoms with Crippen LogP contribution in [0.1, 0.15) is 28.8 Å². The highest BCUT2D eigenvalue weighted by atomic mass is 79.9. The number of hydrogen-bond donors (Lipinski definition) is 2. The quantitative estimate of drug-likeness (QED) is 0.725. The molecule has 7 heteroatoms. The van der Waals surface area contributed by atoms with E-state index in [0.717, 1.165) is 29.7 Å². The predicted octanol–water partition coefficient (Wildman–Crippen LogP) is 2.94. The van der Waals surface area contributed by atoms with E-state index in [1.165, 1.54) is 0 Å². The van der Waals surface area contributed by atoms with E-state index in [0.29, 0.717) is 27.5 Å². The Hall–Kier alpha value is -2.41. The molecule has 0 saturated heterocycles. The Balaban J connectivity index is 1.74. The molecule has 1 aliphatic rings. The maximum absolute atomic E-state index is 12.3. The third-order valence-electron chi connectivity index (χ3n) is 4.15. The number of nitrogens with one attached hydrogen (secondary N) is 1. The molecule has 1 amide bonds. The van der Waals surface area contributed by atoms with E-state index in [4.69, 9.17) is 5.73 Å². The molecule has 122 valence electrons. The number of imidazole rings is 1. The van der Waals surface area contributed by atoms with Crippen LogP contribution in [0, 0.1) is 6.92 Å². The van der Waals surface area contributed by atoms with Crippen LogP contribution in [0.3, 0.4) is 0 Å². The third-order valence-corrected chi connectivity index (χ3v) is 4.53. The molecule has 3 N–H and O–H groups in total. The monoisotopic (exact) mass is 385 g/mol. The zero-order valence-electron chi connectivity index (χ0n) is 13.1. The van der Waals surface area contributed by atoms with Crippen LogP contribution < -0.4 is 11.1 Å². The predicted molar refractivity (Wildman–Crippen MR) is 95.8 cm³/mol. The molecular weight excluding hydrogens is 370 g/mol. The molecule has 1 aliphatic carbocycles. The molecule has 2 heterocycles. The van der Waals surface area contributed by atoms with Gasteiger partial charge in [-0.25, -0.2) is 9.50 Å². The first-order valence-electron chi connectivity index (χ1n) is 7.74. The van der Waals surface area contributed by atoms with Crippen LogP contribution in [0.15, 0.2) is 35.1 Å². The van der Waals surface area contributed by atoms with Gasteiger partial charge in [-0.05, 0) is 59.5 Å². The van der Waals surface area contributed by atoms with Crippen molar-refractivity contribution < 1.29 is 4.79 Å². The fourth-order valence-corrected chi connectivity index (χ4v) is 3.13. The third kappa shape index (κ3) is 2.65. The van der Waals surface area contributed by atoms with Crippen molar-refractivity contribution in [3.05, 3.63) is 46.2 Å². The Labute approximate surface area is 147 Å². The summed E-state index contributed by atoms with van der Waals surface area (Å²) < 4.78 is 2.35. The summed E-state index contributed by atoms with van der Waals surface area (Å²) in [5.41, 5.74) is 10.5. The van der Waals surface area contributed by atoms with Crippen LogP contribution >= 0.6 is 15.9 Å². The van der Waals surface area contributed by atoms with Crippen LogP contribution in [0.2, 0.25) is 0 Å². The number of nitrogens with two attached hydrogens (primary N) is 1. The van der Waals surface area contributed by atoms with Gasteiger partial charge in [0.1, 0.15) is 4.60 Å². The van der Waals surface area contributed by atoms with Crippen LogP contribution in [0.4, 0.5) is 5.69 Å². The number of rotatable bonds is 3. The number of fused-ring (bicyclic) bond motifs is 1. The van der Waals surface area contributed by atoms with Gasteiger partial charge in [-0.15, -0.1) is 0 Å². The van der Waals surface area contributed by atoms with E-state index in [1.54, 1.807) is 16.8 Å². The number of carbonyl (C=O) groups excluding carboxylic acids is 1. The number of aryl methyl sites for hydroxylation is 1. The van der Waals surface area contributed by atoms with Gasteiger partial charge in [-0.1, -0.05) is 6.07 Å². The van der Waals surface area contributed by atoms with Gasteiger partial charge in [-0.2, -0.15) is 5.10 Å². The molecule has 0 atom stereocenters. The Bertz CT molecular complexity index is 961. The Morgan fingerprint density at radius 2 is 2.17 bits per heavy atom. The molecule has 0 spiro atoms. The molecule has 1 aromatic carbocycles. The lowest BCUT2D eigenvalue weighted by molar-refractivity contribution is 0.0950. The molecule has 1 saturated carbocycles. The van der Waals surface area contributed by atoms with E-state index in [9.17, 15) is 4.79 Å². The van der Waals surface area contributed by atoms with Crippen molar-refractivity contribution in [3.8, 4) is 11.3 Å². The lowest BCUT2D eigenvalue weighted by atomic mass is 10.0. The first-order valence-corrected chi connectivity index (χ1v) is 8.54. The van der Waals surface area contributed by atoms with Gasteiger partial charge in [0, 0.05) is 17.2 Å². The van der Waals surface area contributed by atoms with Gasteiger partial charge in [0.15, 0.2) is 5.65 Å². The van der Waals surface area contributed by atoms with Crippen LogP contribution in [-0.4, -0.2) is 26.5 Å². The fourth-order valence-electron chi connectivity index (χ4n) is 2.73. The maximum Gasteiger partial charge on any atom is 0.251 e. The van der Waals surface area contributed by atoms with Crippen molar-refractivity contribution in [2.75, 3.05) is 5.73 Å². The molecule has 2 aromatic heterocycles. The summed E-state index contributed by atoms with van der Waals surface area (Å²) in [4.78, 5) is 16.6. The Kier molecular flexibility index (Phi) is 3.53. The molecule has 6 nitrogen and oxygen atoms in total. The number of carbonyl (C=O) groups is 1. The molecular formula is C17H16BrN5O. The molecule has 4 rings (SSSR count). The van der Waals surface area contributed by atoms with Crippen molar-refractivity contribution in [3.63, 3.8) is 0 Å². The summed E-state index contributed by atoms with van der Waals surface area (Å²) in [6, 6.07) is 7.81. The first-order chi connectivity index (χ1) is 11.5. The molecule has 0 aliphatic heterocycles. The van der Waals surface area contributed by atoms with Gasteiger partial charge in [-0.3, -0.25) is 4.79 Å². The van der Waals surface area contributed by atoms with Gasteiger partial charge < -0.3 is 11.1 Å². The Morgan fingerprint density at radius 3 is 2.88 bits per heavy atom. The standard InChI is InChI=1S/C17H16BrN5O/c1-9-6-10(2-5-12(9)17(24)21-11-3-4-11)14-8-20-16-13(19)7-15(18)22-23(14)16/h2,5-8,11H,3-4,19H2,1H3,(H,21,24). The van der Waals surface area contributed by atoms with Crippen molar-refractivity contribution in [1.82, 2.24) is 19.9 Å². The van der Waals surface area contributed by atoms with Crippen LogP contribution in [0.25, 0.3) is 16.9 Å². The summed E-state index contributed by atoms with van der Waals surface area (Å²) in [5.74, 6) is -0.00944. The number of halogens is 1. The van der Waals surface area contributed by atoms with Crippen molar-refractivity contribution in [2.24, 2.45) is 0 Å². The normalized spacial score (nSPS) is 14.1. The van der Waals surface area contributed by atoms with Crippen molar-refractivity contribution in [2.45, 2.75) is 25.8 Å².